The van der Waals surface area contributed by atoms with Crippen LogP contribution in [0.2, 0.25) is 0 Å². The zero-order valence-electron chi connectivity index (χ0n) is 14.0. The highest BCUT2D eigenvalue weighted by Gasteiger charge is 2.51. The summed E-state index contributed by atoms with van der Waals surface area (Å²) in [4.78, 5) is 28.5. The Morgan fingerprint density at radius 1 is 1.33 bits per heavy atom. The standard InChI is InChI=1S/C18H23FN2O3/c1-2-24-12-16(22)21-9-7-18(13-21)6-8-20(17(18)23)11-14-4-3-5-15(19)10-14/h3-5,10H,2,6-9,11-13H2,1H3. The maximum absolute atomic E-state index is 13.3. The second-order valence-corrected chi connectivity index (χ2v) is 6.59. The summed E-state index contributed by atoms with van der Waals surface area (Å²) in [6.45, 7) is 4.58. The quantitative estimate of drug-likeness (QED) is 0.825. The van der Waals surface area contributed by atoms with Crippen molar-refractivity contribution >= 4 is 11.8 Å². The van der Waals surface area contributed by atoms with Crippen LogP contribution in [0.15, 0.2) is 24.3 Å². The molecule has 130 valence electrons. The minimum absolute atomic E-state index is 0.0508. The average Bonchev–Trinajstić information content (AvgIpc) is 3.13. The number of nitrogens with zero attached hydrogens (tertiary/aromatic N) is 2. The van der Waals surface area contributed by atoms with Crippen LogP contribution < -0.4 is 0 Å². The van der Waals surface area contributed by atoms with E-state index in [0.29, 0.717) is 39.2 Å². The number of hydrogen-bond donors (Lipinski definition) is 0. The molecule has 0 saturated carbocycles. The number of carbonyl (C=O) groups is 2. The third-order valence-corrected chi connectivity index (χ3v) is 5.00. The van der Waals surface area contributed by atoms with Gasteiger partial charge < -0.3 is 14.5 Å². The topological polar surface area (TPSA) is 49.9 Å². The molecule has 2 aliphatic rings. The molecule has 2 heterocycles. The Morgan fingerprint density at radius 3 is 2.88 bits per heavy atom. The van der Waals surface area contributed by atoms with Crippen molar-refractivity contribution in [3.05, 3.63) is 35.6 Å². The second-order valence-electron chi connectivity index (χ2n) is 6.59. The molecule has 6 heteroatoms. The Labute approximate surface area is 141 Å². The first-order valence-electron chi connectivity index (χ1n) is 8.43. The van der Waals surface area contributed by atoms with E-state index < -0.39 is 5.41 Å². The number of amides is 2. The fourth-order valence-electron chi connectivity index (χ4n) is 3.64. The minimum atomic E-state index is -0.463. The van der Waals surface area contributed by atoms with Gasteiger partial charge in [-0.05, 0) is 37.5 Å². The Kier molecular flexibility index (Phi) is 4.85. The van der Waals surface area contributed by atoms with E-state index >= 15 is 0 Å². The van der Waals surface area contributed by atoms with Crippen LogP contribution >= 0.6 is 0 Å². The lowest BCUT2D eigenvalue weighted by Gasteiger charge is -2.23. The molecular weight excluding hydrogens is 311 g/mol. The monoisotopic (exact) mass is 334 g/mol. The minimum Gasteiger partial charge on any atom is -0.372 e. The molecule has 2 fully saturated rings. The molecule has 24 heavy (non-hydrogen) atoms. The summed E-state index contributed by atoms with van der Waals surface area (Å²) in [6, 6.07) is 6.35. The van der Waals surface area contributed by atoms with Gasteiger partial charge in [0.25, 0.3) is 0 Å². The number of halogens is 1. The van der Waals surface area contributed by atoms with E-state index in [4.69, 9.17) is 4.74 Å². The summed E-state index contributed by atoms with van der Waals surface area (Å²) in [5, 5.41) is 0. The predicted octanol–water partition coefficient (Wildman–Crippen LogP) is 1.81. The summed E-state index contributed by atoms with van der Waals surface area (Å²) >= 11 is 0. The third-order valence-electron chi connectivity index (χ3n) is 5.00. The lowest BCUT2D eigenvalue weighted by Crippen LogP contribution is -2.39. The van der Waals surface area contributed by atoms with Gasteiger partial charge in [0.1, 0.15) is 12.4 Å². The summed E-state index contributed by atoms with van der Waals surface area (Å²) in [6.07, 6.45) is 1.45. The first-order valence-corrected chi connectivity index (χ1v) is 8.43. The summed E-state index contributed by atoms with van der Waals surface area (Å²) in [7, 11) is 0. The van der Waals surface area contributed by atoms with E-state index in [2.05, 4.69) is 0 Å². The van der Waals surface area contributed by atoms with Crippen molar-refractivity contribution in [2.45, 2.75) is 26.3 Å². The van der Waals surface area contributed by atoms with E-state index in [9.17, 15) is 14.0 Å². The molecule has 3 rings (SSSR count). The molecule has 2 amide bonds. The van der Waals surface area contributed by atoms with Gasteiger partial charge in [-0.15, -0.1) is 0 Å². The lowest BCUT2D eigenvalue weighted by molar-refractivity contribution is -0.138. The maximum Gasteiger partial charge on any atom is 0.248 e. The zero-order chi connectivity index (χ0) is 17.2. The molecule has 1 atom stereocenters. The van der Waals surface area contributed by atoms with Crippen LogP contribution in [0.1, 0.15) is 25.3 Å². The zero-order valence-corrected chi connectivity index (χ0v) is 14.0. The second kappa shape index (κ2) is 6.89. The molecule has 1 aromatic carbocycles. The predicted molar refractivity (Wildman–Crippen MR) is 86.6 cm³/mol. The Morgan fingerprint density at radius 2 is 2.12 bits per heavy atom. The van der Waals surface area contributed by atoms with Crippen molar-refractivity contribution in [1.82, 2.24) is 9.80 Å². The first kappa shape index (κ1) is 16.9. The van der Waals surface area contributed by atoms with E-state index in [1.165, 1.54) is 12.1 Å². The van der Waals surface area contributed by atoms with Crippen molar-refractivity contribution in [3.63, 3.8) is 0 Å². The smallest absolute Gasteiger partial charge is 0.248 e. The van der Waals surface area contributed by atoms with Crippen LogP contribution in [-0.4, -0.2) is 54.5 Å². The molecule has 0 radical (unpaired) electrons. The highest BCUT2D eigenvalue weighted by atomic mass is 19.1. The van der Waals surface area contributed by atoms with Crippen molar-refractivity contribution in [3.8, 4) is 0 Å². The van der Waals surface area contributed by atoms with Crippen LogP contribution in [0.5, 0.6) is 0 Å². The molecule has 2 saturated heterocycles. The van der Waals surface area contributed by atoms with E-state index in [0.717, 1.165) is 12.0 Å². The Hall–Kier alpha value is -1.95. The Bertz CT molecular complexity index is 636. The molecule has 0 aliphatic carbocycles. The van der Waals surface area contributed by atoms with Crippen LogP contribution in [-0.2, 0) is 20.9 Å². The van der Waals surface area contributed by atoms with Crippen molar-refractivity contribution in [2.24, 2.45) is 5.41 Å². The van der Waals surface area contributed by atoms with Crippen molar-refractivity contribution < 1.29 is 18.7 Å². The summed E-state index contributed by atoms with van der Waals surface area (Å²) in [5.74, 6) is -0.258. The molecule has 0 N–H and O–H groups in total. The fraction of sp³-hybridized carbons (Fsp3) is 0.556. The highest BCUT2D eigenvalue weighted by molar-refractivity contribution is 5.87. The van der Waals surface area contributed by atoms with Gasteiger partial charge in [0.2, 0.25) is 11.8 Å². The molecule has 1 spiro atoms. The van der Waals surface area contributed by atoms with Crippen LogP contribution in [0.4, 0.5) is 4.39 Å². The molecular formula is C18H23FN2O3. The van der Waals surface area contributed by atoms with E-state index in [-0.39, 0.29) is 24.2 Å². The number of rotatable bonds is 5. The first-order chi connectivity index (χ1) is 11.5. The van der Waals surface area contributed by atoms with Gasteiger partial charge in [-0.25, -0.2) is 4.39 Å². The highest BCUT2D eigenvalue weighted by Crippen LogP contribution is 2.41. The molecule has 1 unspecified atom stereocenters. The third kappa shape index (κ3) is 3.29. The molecule has 5 nitrogen and oxygen atoms in total. The van der Waals surface area contributed by atoms with Gasteiger partial charge in [-0.1, -0.05) is 12.1 Å². The number of hydrogen-bond acceptors (Lipinski definition) is 3. The number of ether oxygens (including phenoxy) is 1. The molecule has 0 bridgehead atoms. The molecule has 2 aliphatic heterocycles. The van der Waals surface area contributed by atoms with Crippen molar-refractivity contribution in [2.75, 3.05) is 32.8 Å². The number of carbonyl (C=O) groups excluding carboxylic acids is 2. The van der Waals surface area contributed by atoms with Crippen LogP contribution in [0, 0.1) is 11.2 Å². The van der Waals surface area contributed by atoms with Crippen LogP contribution in [0.3, 0.4) is 0 Å². The van der Waals surface area contributed by atoms with E-state index in [1.807, 2.05) is 13.0 Å². The van der Waals surface area contributed by atoms with Gasteiger partial charge in [-0.2, -0.15) is 0 Å². The maximum atomic E-state index is 13.3. The normalized spacial score (nSPS) is 23.5. The molecule has 1 aromatic rings. The van der Waals surface area contributed by atoms with Crippen molar-refractivity contribution in [1.29, 1.82) is 0 Å². The summed E-state index contributed by atoms with van der Waals surface area (Å²) < 4.78 is 18.5. The average molecular weight is 334 g/mol. The van der Waals surface area contributed by atoms with Gasteiger partial charge in [0.15, 0.2) is 0 Å². The number of benzene rings is 1. The molecule has 0 aromatic heterocycles. The Balaban J connectivity index is 1.63. The van der Waals surface area contributed by atoms with Gasteiger partial charge in [0, 0.05) is 32.8 Å². The van der Waals surface area contributed by atoms with E-state index in [1.54, 1.807) is 15.9 Å². The fourth-order valence-corrected chi connectivity index (χ4v) is 3.64. The van der Waals surface area contributed by atoms with Gasteiger partial charge >= 0.3 is 0 Å². The lowest BCUT2D eigenvalue weighted by atomic mass is 9.85. The number of likely N-dealkylation sites (tertiary alicyclic amines) is 2. The van der Waals surface area contributed by atoms with Gasteiger partial charge in [-0.3, -0.25) is 9.59 Å². The van der Waals surface area contributed by atoms with Gasteiger partial charge in [0.05, 0.1) is 5.41 Å². The summed E-state index contributed by atoms with van der Waals surface area (Å²) in [5.41, 5.74) is 0.331. The SMILES string of the molecule is CCOCC(=O)N1CCC2(CCN(Cc3cccc(F)c3)C2=O)C1. The van der Waals surface area contributed by atoms with Crippen LogP contribution in [0.25, 0.3) is 0 Å². The largest absolute Gasteiger partial charge is 0.372 e.